The van der Waals surface area contributed by atoms with Crippen molar-refractivity contribution in [1.82, 2.24) is 19.6 Å². The lowest BCUT2D eigenvalue weighted by Crippen LogP contribution is -2.42. The van der Waals surface area contributed by atoms with E-state index in [4.69, 9.17) is 0 Å². The first-order valence-corrected chi connectivity index (χ1v) is 8.33. The normalized spacial score (nSPS) is 24.8. The summed E-state index contributed by atoms with van der Waals surface area (Å²) >= 11 is 0. The van der Waals surface area contributed by atoms with Crippen molar-refractivity contribution in [3.8, 4) is 0 Å². The van der Waals surface area contributed by atoms with Crippen LogP contribution in [0.1, 0.15) is 25.7 Å². The summed E-state index contributed by atoms with van der Waals surface area (Å²) in [5.41, 5.74) is 0. The molecule has 1 aromatic rings. The van der Waals surface area contributed by atoms with Crippen LogP contribution in [0.25, 0.3) is 0 Å². The van der Waals surface area contributed by atoms with E-state index in [0.29, 0.717) is 12.5 Å². The Labute approximate surface area is 113 Å². The van der Waals surface area contributed by atoms with Crippen molar-refractivity contribution < 1.29 is 8.42 Å². The Morgan fingerprint density at radius 3 is 2.79 bits per heavy atom. The standard InChI is InChI=1S/C12H20N4O2S/c17-19(18,12-7-14-9-15-12)16(11-3-4-11)8-10-2-1-5-13-6-10/h7,9-11,13H,1-6,8H2,(H,14,15). The maximum absolute atomic E-state index is 12.6. The van der Waals surface area contributed by atoms with E-state index in [0.717, 1.165) is 38.8 Å². The van der Waals surface area contributed by atoms with Crippen LogP contribution in [0.2, 0.25) is 0 Å². The summed E-state index contributed by atoms with van der Waals surface area (Å²) in [4.78, 5) is 6.55. The van der Waals surface area contributed by atoms with Crippen molar-refractivity contribution in [2.24, 2.45) is 5.92 Å². The van der Waals surface area contributed by atoms with Gasteiger partial charge in [0.05, 0.1) is 12.5 Å². The number of hydrogen-bond donors (Lipinski definition) is 2. The first-order valence-electron chi connectivity index (χ1n) is 6.89. The summed E-state index contributed by atoms with van der Waals surface area (Å²) in [7, 11) is -3.41. The quantitative estimate of drug-likeness (QED) is 0.828. The molecule has 2 fully saturated rings. The lowest BCUT2D eigenvalue weighted by molar-refractivity contribution is 0.286. The van der Waals surface area contributed by atoms with Crippen LogP contribution in [0.3, 0.4) is 0 Å². The maximum atomic E-state index is 12.6. The number of nitrogens with zero attached hydrogens (tertiary/aromatic N) is 2. The van der Waals surface area contributed by atoms with E-state index in [9.17, 15) is 8.42 Å². The van der Waals surface area contributed by atoms with Crippen LogP contribution in [0.5, 0.6) is 0 Å². The molecule has 0 radical (unpaired) electrons. The van der Waals surface area contributed by atoms with Crippen molar-refractivity contribution in [2.75, 3.05) is 19.6 Å². The Bertz CT molecular complexity index is 504. The molecular formula is C12H20N4O2S. The minimum atomic E-state index is -3.41. The number of sulfonamides is 1. The summed E-state index contributed by atoms with van der Waals surface area (Å²) in [6.45, 7) is 2.59. The molecule has 0 spiro atoms. The first-order chi connectivity index (χ1) is 9.18. The van der Waals surface area contributed by atoms with Crippen LogP contribution < -0.4 is 5.32 Å². The largest absolute Gasteiger partial charge is 0.335 e. The van der Waals surface area contributed by atoms with Gasteiger partial charge in [-0.1, -0.05) is 0 Å². The number of aromatic amines is 1. The third-order valence-electron chi connectivity index (χ3n) is 3.85. The second kappa shape index (κ2) is 5.22. The smallest absolute Gasteiger partial charge is 0.260 e. The Balaban J connectivity index is 1.77. The number of imidazole rings is 1. The highest BCUT2D eigenvalue weighted by atomic mass is 32.2. The molecule has 106 valence electrons. The lowest BCUT2D eigenvalue weighted by Gasteiger charge is -2.29. The van der Waals surface area contributed by atoms with Crippen molar-refractivity contribution in [1.29, 1.82) is 0 Å². The molecule has 1 atom stereocenters. The van der Waals surface area contributed by atoms with Gasteiger partial charge < -0.3 is 10.3 Å². The number of rotatable bonds is 5. The fourth-order valence-electron chi connectivity index (χ4n) is 2.65. The van der Waals surface area contributed by atoms with Crippen LogP contribution in [-0.2, 0) is 10.0 Å². The SMILES string of the molecule is O=S(=O)(c1cnc[nH]1)N(CC1CCCNC1)C1CC1. The number of aromatic nitrogens is 2. The molecule has 1 aromatic heterocycles. The highest BCUT2D eigenvalue weighted by Gasteiger charge is 2.39. The average molecular weight is 284 g/mol. The van der Waals surface area contributed by atoms with E-state index in [1.165, 1.54) is 12.5 Å². The summed E-state index contributed by atoms with van der Waals surface area (Å²) in [6, 6.07) is 0.190. The average Bonchev–Trinajstić information content (AvgIpc) is 3.09. The minimum Gasteiger partial charge on any atom is -0.335 e. The summed E-state index contributed by atoms with van der Waals surface area (Å²) in [6.07, 6.45) is 7.01. The van der Waals surface area contributed by atoms with Gasteiger partial charge in [0.2, 0.25) is 0 Å². The van der Waals surface area contributed by atoms with Gasteiger partial charge in [0.1, 0.15) is 0 Å². The number of H-pyrrole nitrogens is 1. The highest BCUT2D eigenvalue weighted by Crippen LogP contribution is 2.32. The summed E-state index contributed by atoms with van der Waals surface area (Å²) < 4.78 is 26.8. The topological polar surface area (TPSA) is 78.1 Å². The highest BCUT2D eigenvalue weighted by molar-refractivity contribution is 7.89. The fourth-order valence-corrected chi connectivity index (χ4v) is 4.31. The van der Waals surface area contributed by atoms with E-state index in [1.54, 1.807) is 4.31 Å². The molecule has 3 rings (SSSR count). The molecule has 1 unspecified atom stereocenters. The maximum Gasteiger partial charge on any atom is 0.260 e. The molecule has 2 heterocycles. The molecule has 0 amide bonds. The van der Waals surface area contributed by atoms with Crippen LogP contribution in [-0.4, -0.2) is 48.4 Å². The molecule has 0 aromatic carbocycles. The third kappa shape index (κ3) is 2.82. The van der Waals surface area contributed by atoms with Gasteiger partial charge in [-0.2, -0.15) is 4.31 Å². The molecule has 1 aliphatic carbocycles. The molecule has 19 heavy (non-hydrogen) atoms. The predicted octanol–water partition coefficient (Wildman–Crippen LogP) is 0.562. The Kier molecular flexibility index (Phi) is 3.60. The zero-order valence-electron chi connectivity index (χ0n) is 10.9. The molecule has 1 saturated carbocycles. The summed E-state index contributed by atoms with van der Waals surface area (Å²) in [5.74, 6) is 0.423. The number of piperidine rings is 1. The Morgan fingerprint density at radius 1 is 1.37 bits per heavy atom. The van der Waals surface area contributed by atoms with E-state index in [2.05, 4.69) is 15.3 Å². The Hall–Kier alpha value is -0.920. The molecular weight excluding hydrogens is 264 g/mol. The molecule has 0 bridgehead atoms. The van der Waals surface area contributed by atoms with Gasteiger partial charge in [0.15, 0.2) is 5.03 Å². The van der Waals surface area contributed by atoms with Crippen LogP contribution in [0.15, 0.2) is 17.6 Å². The van der Waals surface area contributed by atoms with E-state index < -0.39 is 10.0 Å². The molecule has 1 aliphatic heterocycles. The van der Waals surface area contributed by atoms with Gasteiger partial charge >= 0.3 is 0 Å². The first kappa shape index (κ1) is 13.1. The second-order valence-corrected chi connectivity index (χ2v) is 7.29. The third-order valence-corrected chi connectivity index (χ3v) is 5.69. The van der Waals surface area contributed by atoms with Gasteiger partial charge in [0.25, 0.3) is 10.0 Å². The second-order valence-electron chi connectivity index (χ2n) is 5.43. The van der Waals surface area contributed by atoms with Gasteiger partial charge in [0, 0.05) is 12.6 Å². The number of nitrogens with one attached hydrogen (secondary N) is 2. The Morgan fingerprint density at radius 2 is 2.21 bits per heavy atom. The monoisotopic (exact) mass is 284 g/mol. The summed E-state index contributed by atoms with van der Waals surface area (Å²) in [5, 5.41) is 3.56. The van der Waals surface area contributed by atoms with E-state index in [-0.39, 0.29) is 11.1 Å². The van der Waals surface area contributed by atoms with Crippen molar-refractivity contribution in [3.63, 3.8) is 0 Å². The zero-order valence-corrected chi connectivity index (χ0v) is 11.7. The van der Waals surface area contributed by atoms with E-state index >= 15 is 0 Å². The molecule has 6 nitrogen and oxygen atoms in total. The minimum absolute atomic E-state index is 0.190. The van der Waals surface area contributed by atoms with Gasteiger partial charge in [-0.3, -0.25) is 0 Å². The van der Waals surface area contributed by atoms with Crippen LogP contribution in [0, 0.1) is 5.92 Å². The molecule has 2 N–H and O–H groups in total. The van der Waals surface area contributed by atoms with Crippen molar-refractivity contribution in [3.05, 3.63) is 12.5 Å². The van der Waals surface area contributed by atoms with E-state index in [1.807, 2.05) is 0 Å². The zero-order chi connectivity index (χ0) is 13.3. The predicted molar refractivity (Wildman–Crippen MR) is 71.1 cm³/mol. The molecule has 7 heteroatoms. The van der Waals surface area contributed by atoms with Gasteiger partial charge in [-0.15, -0.1) is 0 Å². The van der Waals surface area contributed by atoms with Gasteiger partial charge in [-0.25, -0.2) is 13.4 Å². The lowest BCUT2D eigenvalue weighted by atomic mass is 10.00. The van der Waals surface area contributed by atoms with Crippen molar-refractivity contribution in [2.45, 2.75) is 36.8 Å². The fraction of sp³-hybridized carbons (Fsp3) is 0.750. The van der Waals surface area contributed by atoms with Crippen molar-refractivity contribution >= 4 is 10.0 Å². The molecule has 2 aliphatic rings. The molecule has 1 saturated heterocycles. The van der Waals surface area contributed by atoms with Crippen LogP contribution >= 0.6 is 0 Å². The van der Waals surface area contributed by atoms with Gasteiger partial charge in [-0.05, 0) is 44.7 Å². The number of hydrogen-bond acceptors (Lipinski definition) is 4. The van der Waals surface area contributed by atoms with Crippen LogP contribution in [0.4, 0.5) is 0 Å².